The van der Waals surface area contributed by atoms with Gasteiger partial charge in [0.05, 0.1) is 20.2 Å². The number of hydroxylamine groups is 2. The van der Waals surface area contributed by atoms with Gasteiger partial charge in [0.25, 0.3) is 5.56 Å². The van der Waals surface area contributed by atoms with Crippen LogP contribution in [0.15, 0.2) is 41.2 Å². The molecule has 0 saturated carbocycles. The zero-order valence-corrected chi connectivity index (χ0v) is 17.5. The highest BCUT2D eigenvalue weighted by molar-refractivity contribution is 6.30. The van der Waals surface area contributed by atoms with Crippen LogP contribution in [-0.2, 0) is 17.9 Å². The summed E-state index contributed by atoms with van der Waals surface area (Å²) in [6, 6.07) is 11.8. The Bertz CT molecular complexity index is 1090. The molecule has 1 aliphatic heterocycles. The van der Waals surface area contributed by atoms with E-state index >= 15 is 0 Å². The van der Waals surface area contributed by atoms with Gasteiger partial charge in [-0.15, -0.1) is 0 Å². The van der Waals surface area contributed by atoms with Crippen LogP contribution in [-0.4, -0.2) is 39.7 Å². The zero-order valence-electron chi connectivity index (χ0n) is 16.8. The second kappa shape index (κ2) is 7.71. The Morgan fingerprint density at radius 1 is 0.897 bits per heavy atom. The van der Waals surface area contributed by atoms with Crippen molar-refractivity contribution in [2.75, 3.05) is 20.2 Å². The maximum absolute atomic E-state index is 13.2. The largest absolute Gasteiger partial charge is 0.493 e. The lowest BCUT2D eigenvalue weighted by Crippen LogP contribution is -2.27. The van der Waals surface area contributed by atoms with Crippen molar-refractivity contribution in [3.8, 4) is 28.1 Å². The number of aryl methyl sites for hydroxylation is 2. The maximum atomic E-state index is 13.2. The first-order valence-electron chi connectivity index (χ1n) is 9.60. The summed E-state index contributed by atoms with van der Waals surface area (Å²) in [5, 5.41) is 13.4. The van der Waals surface area contributed by atoms with Crippen LogP contribution in [0.5, 0.6) is 5.88 Å². The van der Waals surface area contributed by atoms with Crippen LogP contribution < -0.4 is 5.56 Å². The molecule has 29 heavy (non-hydrogen) atoms. The number of aromatic hydroxyl groups is 1. The van der Waals surface area contributed by atoms with Crippen LogP contribution >= 0.6 is 11.6 Å². The smallest absolute Gasteiger partial charge is 0.278 e. The summed E-state index contributed by atoms with van der Waals surface area (Å²) in [5.41, 5.74) is 4.99. The predicted octanol–water partition coefficient (Wildman–Crippen LogP) is 3.84. The van der Waals surface area contributed by atoms with E-state index in [9.17, 15) is 9.90 Å². The van der Waals surface area contributed by atoms with Gasteiger partial charge in [0, 0.05) is 18.1 Å². The number of hydrogen-bond donors (Lipinski definition) is 1. The highest BCUT2D eigenvalue weighted by atomic mass is 35.5. The van der Waals surface area contributed by atoms with E-state index in [2.05, 4.69) is 0 Å². The van der Waals surface area contributed by atoms with Crippen LogP contribution in [0.1, 0.15) is 11.1 Å². The molecule has 1 aliphatic rings. The predicted molar refractivity (Wildman–Crippen MR) is 114 cm³/mol. The Hall–Kier alpha value is -2.54. The van der Waals surface area contributed by atoms with Crippen LogP contribution in [0.25, 0.3) is 22.3 Å². The van der Waals surface area contributed by atoms with E-state index in [0.717, 1.165) is 27.8 Å². The molecule has 4 rings (SSSR count). The Morgan fingerprint density at radius 2 is 1.48 bits per heavy atom. The highest BCUT2D eigenvalue weighted by Crippen LogP contribution is 2.35. The molecule has 0 bridgehead atoms. The van der Waals surface area contributed by atoms with Gasteiger partial charge in [0.15, 0.2) is 0 Å². The van der Waals surface area contributed by atoms with Crippen molar-refractivity contribution in [3.63, 3.8) is 0 Å². The van der Waals surface area contributed by atoms with Gasteiger partial charge >= 0.3 is 0 Å². The minimum absolute atomic E-state index is 0.0124. The fourth-order valence-electron chi connectivity index (χ4n) is 4.12. The van der Waals surface area contributed by atoms with Gasteiger partial charge in [-0.2, -0.15) is 5.06 Å². The molecule has 7 heteroatoms. The zero-order chi connectivity index (χ0) is 20.7. The van der Waals surface area contributed by atoms with Crippen molar-refractivity contribution in [1.82, 2.24) is 14.4 Å². The molecule has 152 valence electrons. The monoisotopic (exact) mass is 413 g/mol. The van der Waals surface area contributed by atoms with Gasteiger partial charge in [0.2, 0.25) is 5.88 Å². The molecule has 0 saturated heterocycles. The quantitative estimate of drug-likeness (QED) is 0.708. The number of halogens is 1. The molecule has 1 aromatic heterocycles. The van der Waals surface area contributed by atoms with E-state index in [1.165, 1.54) is 0 Å². The molecular formula is C22H24ClN3O3. The van der Waals surface area contributed by atoms with E-state index in [1.54, 1.807) is 21.5 Å². The SMILES string of the molecule is CON1CCn2c(O)c(-c3c(C)cc(-c4ccc(Cl)cc4)cc3C)c(=O)n2CC1. The molecular weight excluding hydrogens is 390 g/mol. The lowest BCUT2D eigenvalue weighted by atomic mass is 9.92. The Balaban J connectivity index is 1.80. The number of aromatic nitrogens is 2. The van der Waals surface area contributed by atoms with Gasteiger partial charge in [-0.3, -0.25) is 4.79 Å². The lowest BCUT2D eigenvalue weighted by molar-refractivity contribution is -0.130. The Labute approximate surface area is 174 Å². The molecule has 6 nitrogen and oxygen atoms in total. The van der Waals surface area contributed by atoms with E-state index < -0.39 is 0 Å². The molecule has 0 spiro atoms. The minimum Gasteiger partial charge on any atom is -0.493 e. The van der Waals surface area contributed by atoms with Gasteiger partial charge in [-0.05, 0) is 53.8 Å². The van der Waals surface area contributed by atoms with Crippen molar-refractivity contribution < 1.29 is 9.94 Å². The van der Waals surface area contributed by atoms with E-state index in [1.807, 2.05) is 50.2 Å². The highest BCUT2D eigenvalue weighted by Gasteiger charge is 2.26. The number of fused-ring (bicyclic) bond motifs is 1. The minimum atomic E-state index is -0.175. The Kier molecular flexibility index (Phi) is 5.25. The molecule has 0 atom stereocenters. The standard InChI is InChI=1S/C22H24ClN3O3/c1-14-12-17(16-4-6-18(23)7-5-16)13-15(2)19(14)20-21(27)25-10-8-24(29-3)9-11-26(25)22(20)28/h4-7,12-13,27H,8-11H2,1-3H3. The lowest BCUT2D eigenvalue weighted by Gasteiger charge is -2.15. The summed E-state index contributed by atoms with van der Waals surface area (Å²) < 4.78 is 3.26. The van der Waals surface area contributed by atoms with Gasteiger partial charge in [-0.25, -0.2) is 9.36 Å². The summed E-state index contributed by atoms with van der Waals surface area (Å²) in [7, 11) is 1.61. The molecule has 0 radical (unpaired) electrons. The van der Waals surface area contributed by atoms with Crippen molar-refractivity contribution in [3.05, 3.63) is 62.9 Å². The fraction of sp³-hybridized carbons (Fsp3) is 0.318. The molecule has 0 unspecified atom stereocenters. The van der Waals surface area contributed by atoms with Crippen molar-refractivity contribution >= 4 is 11.6 Å². The molecule has 2 aromatic carbocycles. The molecule has 2 heterocycles. The molecule has 0 aliphatic carbocycles. The van der Waals surface area contributed by atoms with Crippen molar-refractivity contribution in [1.29, 1.82) is 0 Å². The first-order valence-corrected chi connectivity index (χ1v) is 9.97. The fourth-order valence-corrected chi connectivity index (χ4v) is 4.25. The van der Waals surface area contributed by atoms with Crippen LogP contribution in [0.2, 0.25) is 5.02 Å². The molecule has 0 fully saturated rings. The number of nitrogens with zero attached hydrogens (tertiary/aromatic N) is 3. The number of hydrogen-bond acceptors (Lipinski definition) is 4. The molecule has 0 amide bonds. The topological polar surface area (TPSA) is 59.6 Å². The molecule has 3 aromatic rings. The summed E-state index contributed by atoms with van der Waals surface area (Å²) in [6.45, 7) is 6.08. The summed E-state index contributed by atoms with van der Waals surface area (Å²) in [6.07, 6.45) is 0. The second-order valence-corrected chi connectivity index (χ2v) is 7.79. The van der Waals surface area contributed by atoms with E-state index in [0.29, 0.717) is 36.8 Å². The van der Waals surface area contributed by atoms with Crippen LogP contribution in [0, 0.1) is 13.8 Å². The second-order valence-electron chi connectivity index (χ2n) is 7.35. The number of rotatable bonds is 3. The third-order valence-corrected chi connectivity index (χ3v) is 5.80. The Morgan fingerprint density at radius 3 is 2.07 bits per heavy atom. The number of benzene rings is 2. The first-order chi connectivity index (χ1) is 13.9. The van der Waals surface area contributed by atoms with Gasteiger partial charge in [0.1, 0.15) is 5.56 Å². The van der Waals surface area contributed by atoms with Crippen molar-refractivity contribution in [2.24, 2.45) is 0 Å². The average molecular weight is 414 g/mol. The average Bonchev–Trinajstić information content (AvgIpc) is 2.85. The van der Waals surface area contributed by atoms with E-state index in [-0.39, 0.29) is 11.4 Å². The summed E-state index contributed by atoms with van der Waals surface area (Å²) in [4.78, 5) is 18.5. The van der Waals surface area contributed by atoms with Gasteiger partial charge < -0.3 is 9.94 Å². The first kappa shape index (κ1) is 19.8. The maximum Gasteiger partial charge on any atom is 0.278 e. The summed E-state index contributed by atoms with van der Waals surface area (Å²) in [5.74, 6) is 0.0124. The molecule has 1 N–H and O–H groups in total. The van der Waals surface area contributed by atoms with E-state index in [4.69, 9.17) is 16.4 Å². The van der Waals surface area contributed by atoms with Crippen molar-refractivity contribution in [2.45, 2.75) is 26.9 Å². The normalized spacial score (nSPS) is 14.6. The van der Waals surface area contributed by atoms with Crippen LogP contribution in [0.4, 0.5) is 0 Å². The van der Waals surface area contributed by atoms with Gasteiger partial charge in [-0.1, -0.05) is 35.9 Å². The third kappa shape index (κ3) is 3.48. The third-order valence-electron chi connectivity index (χ3n) is 5.55. The van der Waals surface area contributed by atoms with Crippen LogP contribution in [0.3, 0.4) is 0 Å². The summed E-state index contributed by atoms with van der Waals surface area (Å²) >= 11 is 6.00.